The van der Waals surface area contributed by atoms with Gasteiger partial charge in [0.15, 0.2) is 0 Å². The van der Waals surface area contributed by atoms with Crippen molar-refractivity contribution in [3.63, 3.8) is 0 Å². The van der Waals surface area contributed by atoms with Gasteiger partial charge in [-0.05, 0) is 24.3 Å². The second kappa shape index (κ2) is 6.70. The van der Waals surface area contributed by atoms with Gasteiger partial charge in [0.1, 0.15) is 0 Å². The number of ether oxygens (including phenoxy) is 1. The molecule has 0 aromatic heterocycles. The standard InChI is InChI=1S/C14H18N2O4/c1-9(14(19)20-3)8-16(2)13(18)11-6-4-10(5-7-11)12(15)17/h4-7,9H,8H2,1-3H3,(H2,15,17). The molecule has 1 aromatic carbocycles. The molecule has 0 saturated carbocycles. The highest BCUT2D eigenvalue weighted by atomic mass is 16.5. The van der Waals surface area contributed by atoms with Gasteiger partial charge in [0.05, 0.1) is 13.0 Å². The lowest BCUT2D eigenvalue weighted by Crippen LogP contribution is -2.34. The molecule has 0 spiro atoms. The molecule has 20 heavy (non-hydrogen) atoms. The third-order valence-electron chi connectivity index (χ3n) is 2.91. The molecule has 1 rings (SSSR count). The van der Waals surface area contributed by atoms with Crippen molar-refractivity contribution in [3.8, 4) is 0 Å². The summed E-state index contributed by atoms with van der Waals surface area (Å²) < 4.78 is 4.61. The van der Waals surface area contributed by atoms with Crippen LogP contribution in [0.4, 0.5) is 0 Å². The van der Waals surface area contributed by atoms with Crippen molar-refractivity contribution in [3.05, 3.63) is 35.4 Å². The van der Waals surface area contributed by atoms with Crippen molar-refractivity contribution in [2.24, 2.45) is 11.7 Å². The van der Waals surface area contributed by atoms with Gasteiger partial charge in [-0.15, -0.1) is 0 Å². The lowest BCUT2D eigenvalue weighted by molar-refractivity contribution is -0.145. The quantitative estimate of drug-likeness (QED) is 0.801. The summed E-state index contributed by atoms with van der Waals surface area (Å²) in [6, 6.07) is 6.05. The minimum Gasteiger partial charge on any atom is -0.469 e. The fourth-order valence-electron chi connectivity index (χ4n) is 1.77. The average molecular weight is 278 g/mol. The number of hydrogen-bond donors (Lipinski definition) is 1. The van der Waals surface area contributed by atoms with Gasteiger partial charge in [-0.1, -0.05) is 6.92 Å². The van der Waals surface area contributed by atoms with Gasteiger partial charge < -0.3 is 15.4 Å². The maximum atomic E-state index is 12.1. The van der Waals surface area contributed by atoms with E-state index in [1.165, 1.54) is 36.3 Å². The molecule has 0 aliphatic heterocycles. The summed E-state index contributed by atoms with van der Waals surface area (Å²) in [4.78, 5) is 35.8. The van der Waals surface area contributed by atoms with Gasteiger partial charge in [-0.3, -0.25) is 14.4 Å². The Morgan fingerprint density at radius 3 is 2.15 bits per heavy atom. The Hall–Kier alpha value is -2.37. The van der Waals surface area contributed by atoms with Crippen LogP contribution < -0.4 is 5.73 Å². The fourth-order valence-corrected chi connectivity index (χ4v) is 1.77. The number of carbonyl (C=O) groups excluding carboxylic acids is 3. The number of carbonyl (C=O) groups is 3. The molecule has 0 saturated heterocycles. The largest absolute Gasteiger partial charge is 0.469 e. The molecule has 2 N–H and O–H groups in total. The first-order chi connectivity index (χ1) is 9.36. The lowest BCUT2D eigenvalue weighted by atomic mass is 10.1. The molecule has 6 heteroatoms. The normalized spacial score (nSPS) is 11.6. The van der Waals surface area contributed by atoms with Crippen LogP contribution in [0.2, 0.25) is 0 Å². The average Bonchev–Trinajstić information content (AvgIpc) is 2.45. The number of nitrogens with two attached hydrogens (primary N) is 1. The lowest BCUT2D eigenvalue weighted by Gasteiger charge is -2.20. The van der Waals surface area contributed by atoms with Gasteiger partial charge in [0.2, 0.25) is 5.91 Å². The molecule has 108 valence electrons. The van der Waals surface area contributed by atoms with Gasteiger partial charge in [-0.25, -0.2) is 0 Å². The molecule has 0 heterocycles. The van der Waals surface area contributed by atoms with Crippen molar-refractivity contribution >= 4 is 17.8 Å². The SMILES string of the molecule is COC(=O)C(C)CN(C)C(=O)c1ccc(C(N)=O)cc1. The fraction of sp³-hybridized carbons (Fsp3) is 0.357. The summed E-state index contributed by atoms with van der Waals surface area (Å²) in [6.45, 7) is 1.94. The smallest absolute Gasteiger partial charge is 0.310 e. The Morgan fingerprint density at radius 1 is 1.20 bits per heavy atom. The van der Waals surface area contributed by atoms with Crippen molar-refractivity contribution in [2.75, 3.05) is 20.7 Å². The number of rotatable bonds is 5. The number of nitrogens with zero attached hydrogens (tertiary/aromatic N) is 1. The van der Waals surface area contributed by atoms with Crippen LogP contribution in [0.1, 0.15) is 27.6 Å². The predicted octanol–water partition coefficient (Wildman–Crippen LogP) is 0.667. The maximum absolute atomic E-state index is 12.1. The van der Waals surface area contributed by atoms with E-state index in [-0.39, 0.29) is 18.4 Å². The van der Waals surface area contributed by atoms with Crippen LogP contribution in [0, 0.1) is 5.92 Å². The van der Waals surface area contributed by atoms with Crippen LogP contribution in [-0.4, -0.2) is 43.4 Å². The molecule has 0 bridgehead atoms. The molecule has 1 aromatic rings. The van der Waals surface area contributed by atoms with Gasteiger partial charge >= 0.3 is 5.97 Å². The summed E-state index contributed by atoms with van der Waals surface area (Å²) in [5, 5.41) is 0. The summed E-state index contributed by atoms with van der Waals surface area (Å²) >= 11 is 0. The Morgan fingerprint density at radius 2 is 1.70 bits per heavy atom. The molecule has 0 fully saturated rings. The van der Waals surface area contributed by atoms with Crippen LogP contribution in [0.3, 0.4) is 0 Å². The summed E-state index contributed by atoms with van der Waals surface area (Å²) in [6.07, 6.45) is 0. The second-order valence-corrected chi connectivity index (χ2v) is 4.55. The molecule has 0 radical (unpaired) electrons. The molecule has 0 aliphatic rings. The number of benzene rings is 1. The van der Waals surface area contributed by atoms with Crippen LogP contribution in [0.15, 0.2) is 24.3 Å². The molecule has 1 unspecified atom stereocenters. The third kappa shape index (κ3) is 3.81. The number of hydrogen-bond acceptors (Lipinski definition) is 4. The van der Waals surface area contributed by atoms with Crippen molar-refractivity contribution in [2.45, 2.75) is 6.92 Å². The Labute approximate surface area is 117 Å². The zero-order valence-corrected chi connectivity index (χ0v) is 11.8. The van der Waals surface area contributed by atoms with Crippen molar-refractivity contribution < 1.29 is 19.1 Å². The predicted molar refractivity (Wildman–Crippen MR) is 73.1 cm³/mol. The number of methoxy groups -OCH3 is 1. The Bertz CT molecular complexity index is 510. The highest BCUT2D eigenvalue weighted by Crippen LogP contribution is 2.09. The molecular formula is C14H18N2O4. The van der Waals surface area contributed by atoms with Crippen LogP contribution in [0.25, 0.3) is 0 Å². The van der Waals surface area contributed by atoms with E-state index in [0.717, 1.165) is 0 Å². The highest BCUT2D eigenvalue weighted by molar-refractivity contribution is 5.97. The molecule has 6 nitrogen and oxygen atoms in total. The van der Waals surface area contributed by atoms with Crippen molar-refractivity contribution in [1.82, 2.24) is 4.90 Å². The van der Waals surface area contributed by atoms with Gasteiger partial charge in [0.25, 0.3) is 5.91 Å². The first-order valence-electron chi connectivity index (χ1n) is 6.10. The second-order valence-electron chi connectivity index (χ2n) is 4.55. The summed E-state index contributed by atoms with van der Waals surface area (Å²) in [5.41, 5.74) is 5.89. The van der Waals surface area contributed by atoms with E-state index in [1.807, 2.05) is 0 Å². The maximum Gasteiger partial charge on any atom is 0.310 e. The van der Waals surface area contributed by atoms with E-state index in [9.17, 15) is 14.4 Å². The zero-order chi connectivity index (χ0) is 15.3. The minimum absolute atomic E-state index is 0.239. The minimum atomic E-state index is -0.545. The first kappa shape index (κ1) is 15.7. The van der Waals surface area contributed by atoms with Crippen molar-refractivity contribution in [1.29, 1.82) is 0 Å². The van der Waals surface area contributed by atoms with Gasteiger partial charge in [-0.2, -0.15) is 0 Å². The number of primary amides is 1. The van der Waals surface area contributed by atoms with Crippen LogP contribution in [0.5, 0.6) is 0 Å². The Kier molecular flexibility index (Phi) is 5.25. The molecule has 0 aliphatic carbocycles. The van der Waals surface area contributed by atoms with E-state index >= 15 is 0 Å². The summed E-state index contributed by atoms with van der Waals surface area (Å²) in [7, 11) is 2.91. The number of amides is 2. The highest BCUT2D eigenvalue weighted by Gasteiger charge is 2.19. The topological polar surface area (TPSA) is 89.7 Å². The van der Waals surface area contributed by atoms with E-state index in [1.54, 1.807) is 14.0 Å². The number of esters is 1. The molecule has 2 amide bonds. The summed E-state index contributed by atoms with van der Waals surface area (Å²) in [5.74, 6) is -1.55. The van der Waals surface area contributed by atoms with E-state index in [2.05, 4.69) is 4.74 Å². The van der Waals surface area contributed by atoms with Crippen LogP contribution in [-0.2, 0) is 9.53 Å². The molecule has 1 atom stereocenters. The van der Waals surface area contributed by atoms with Gasteiger partial charge in [0, 0.05) is 24.7 Å². The first-order valence-corrected chi connectivity index (χ1v) is 6.10. The van der Waals surface area contributed by atoms with Crippen LogP contribution >= 0.6 is 0 Å². The zero-order valence-electron chi connectivity index (χ0n) is 11.8. The monoisotopic (exact) mass is 278 g/mol. The van der Waals surface area contributed by atoms with E-state index in [4.69, 9.17) is 5.73 Å². The van der Waals surface area contributed by atoms with E-state index in [0.29, 0.717) is 11.1 Å². The Balaban J connectivity index is 2.74. The third-order valence-corrected chi connectivity index (χ3v) is 2.91. The van der Waals surface area contributed by atoms with E-state index < -0.39 is 11.8 Å². The molecular weight excluding hydrogens is 260 g/mol.